The molecule has 0 spiro atoms. The lowest BCUT2D eigenvalue weighted by Gasteiger charge is -2.27. The monoisotopic (exact) mass is 327 g/mol. The van der Waals surface area contributed by atoms with Gasteiger partial charge in [0.25, 0.3) is 0 Å². The van der Waals surface area contributed by atoms with E-state index in [0.717, 1.165) is 25.9 Å². The van der Waals surface area contributed by atoms with Gasteiger partial charge in [-0.25, -0.2) is 9.97 Å². The molecule has 3 N–H and O–H groups in total. The quantitative estimate of drug-likeness (QED) is 0.893. The van der Waals surface area contributed by atoms with Crippen LogP contribution in [0.4, 0.5) is 11.6 Å². The SMILES string of the molecule is CN1CCC(C(=O)Nc2cc(Oc3ccc(N)nc3)ccn2)CC1. The van der Waals surface area contributed by atoms with E-state index in [-0.39, 0.29) is 11.8 Å². The predicted octanol–water partition coefficient (Wildman–Crippen LogP) is 2.13. The van der Waals surface area contributed by atoms with Crippen LogP contribution < -0.4 is 15.8 Å². The summed E-state index contributed by atoms with van der Waals surface area (Å²) < 4.78 is 5.70. The van der Waals surface area contributed by atoms with Crippen LogP contribution in [-0.4, -0.2) is 40.9 Å². The molecule has 0 aliphatic carbocycles. The summed E-state index contributed by atoms with van der Waals surface area (Å²) in [5.41, 5.74) is 5.55. The number of pyridine rings is 2. The second-order valence-corrected chi connectivity index (χ2v) is 5.96. The number of aromatic nitrogens is 2. The zero-order valence-electron chi connectivity index (χ0n) is 13.6. The highest BCUT2D eigenvalue weighted by Crippen LogP contribution is 2.24. The first-order chi connectivity index (χ1) is 11.6. The molecule has 0 bridgehead atoms. The van der Waals surface area contributed by atoms with Crippen molar-refractivity contribution in [3.8, 4) is 11.5 Å². The normalized spacial score (nSPS) is 15.9. The van der Waals surface area contributed by atoms with Crippen molar-refractivity contribution >= 4 is 17.5 Å². The summed E-state index contributed by atoms with van der Waals surface area (Å²) in [5.74, 6) is 2.12. The maximum Gasteiger partial charge on any atom is 0.228 e. The first-order valence-electron chi connectivity index (χ1n) is 7.95. The van der Waals surface area contributed by atoms with Gasteiger partial charge in [0.2, 0.25) is 5.91 Å². The van der Waals surface area contributed by atoms with Crippen molar-refractivity contribution in [2.45, 2.75) is 12.8 Å². The fourth-order valence-corrected chi connectivity index (χ4v) is 2.63. The molecular formula is C17H21N5O2. The zero-order chi connectivity index (χ0) is 16.9. The van der Waals surface area contributed by atoms with Gasteiger partial charge >= 0.3 is 0 Å². The molecule has 2 aromatic rings. The maximum atomic E-state index is 12.3. The van der Waals surface area contributed by atoms with E-state index in [0.29, 0.717) is 23.1 Å². The number of carbonyl (C=O) groups is 1. The van der Waals surface area contributed by atoms with Crippen molar-refractivity contribution in [3.05, 3.63) is 36.7 Å². The Hall–Kier alpha value is -2.67. The van der Waals surface area contributed by atoms with E-state index < -0.39 is 0 Å². The number of piperidine rings is 1. The average molecular weight is 327 g/mol. The number of hydrogen-bond donors (Lipinski definition) is 2. The van der Waals surface area contributed by atoms with Gasteiger partial charge in [-0.3, -0.25) is 4.79 Å². The van der Waals surface area contributed by atoms with Crippen LogP contribution in [0, 0.1) is 5.92 Å². The summed E-state index contributed by atoms with van der Waals surface area (Å²) in [7, 11) is 2.07. The minimum atomic E-state index is 0.0156. The number of nitrogens with one attached hydrogen (secondary N) is 1. The fourth-order valence-electron chi connectivity index (χ4n) is 2.63. The number of nitrogens with two attached hydrogens (primary N) is 1. The highest BCUT2D eigenvalue weighted by molar-refractivity contribution is 5.91. The van der Waals surface area contributed by atoms with Crippen molar-refractivity contribution in [3.63, 3.8) is 0 Å². The van der Waals surface area contributed by atoms with E-state index in [9.17, 15) is 4.79 Å². The van der Waals surface area contributed by atoms with Gasteiger partial charge < -0.3 is 20.7 Å². The van der Waals surface area contributed by atoms with Gasteiger partial charge in [0.1, 0.15) is 23.1 Å². The lowest BCUT2D eigenvalue weighted by atomic mass is 9.96. The first kappa shape index (κ1) is 16.2. The Morgan fingerprint density at radius 1 is 1.25 bits per heavy atom. The predicted molar refractivity (Wildman–Crippen MR) is 91.8 cm³/mol. The van der Waals surface area contributed by atoms with Crippen molar-refractivity contribution in [2.75, 3.05) is 31.2 Å². The van der Waals surface area contributed by atoms with Gasteiger partial charge in [-0.15, -0.1) is 0 Å². The van der Waals surface area contributed by atoms with Crippen LogP contribution in [0.1, 0.15) is 12.8 Å². The third-order valence-corrected chi connectivity index (χ3v) is 4.07. The van der Waals surface area contributed by atoms with E-state index in [1.165, 1.54) is 0 Å². The van der Waals surface area contributed by atoms with E-state index in [2.05, 4.69) is 27.2 Å². The molecule has 3 heterocycles. The van der Waals surface area contributed by atoms with Crippen LogP contribution in [0.25, 0.3) is 0 Å². The zero-order valence-corrected chi connectivity index (χ0v) is 13.6. The number of amides is 1. The molecule has 3 rings (SSSR count). The Labute approximate surface area is 140 Å². The number of hydrogen-bond acceptors (Lipinski definition) is 6. The Balaban J connectivity index is 1.62. The van der Waals surface area contributed by atoms with Crippen LogP contribution in [0.15, 0.2) is 36.7 Å². The standard InChI is InChI=1S/C17H21N5O2/c1-22-8-5-12(6-9-22)17(23)21-16-10-13(4-7-19-16)24-14-2-3-15(18)20-11-14/h2-4,7,10-12H,5-6,8-9H2,1H3,(H2,18,20)(H,19,21,23). The number of anilines is 2. The maximum absolute atomic E-state index is 12.3. The van der Waals surface area contributed by atoms with Gasteiger partial charge in [0.05, 0.1) is 6.20 Å². The summed E-state index contributed by atoms with van der Waals surface area (Å²) in [6.45, 7) is 1.89. The molecule has 1 fully saturated rings. The molecule has 2 aromatic heterocycles. The second kappa shape index (κ2) is 7.27. The number of carbonyl (C=O) groups excluding carboxylic acids is 1. The Morgan fingerprint density at radius 2 is 2.04 bits per heavy atom. The van der Waals surface area contributed by atoms with E-state index in [1.807, 2.05) is 0 Å². The summed E-state index contributed by atoms with van der Waals surface area (Å²) >= 11 is 0. The van der Waals surface area contributed by atoms with Crippen molar-refractivity contribution in [2.24, 2.45) is 5.92 Å². The van der Waals surface area contributed by atoms with Gasteiger partial charge in [-0.1, -0.05) is 0 Å². The van der Waals surface area contributed by atoms with Crippen molar-refractivity contribution in [1.82, 2.24) is 14.9 Å². The van der Waals surface area contributed by atoms with Crippen molar-refractivity contribution < 1.29 is 9.53 Å². The molecule has 1 aliphatic heterocycles. The van der Waals surface area contributed by atoms with Gasteiger partial charge in [-0.2, -0.15) is 0 Å². The Morgan fingerprint density at radius 3 is 2.75 bits per heavy atom. The first-order valence-corrected chi connectivity index (χ1v) is 7.95. The highest BCUT2D eigenvalue weighted by atomic mass is 16.5. The van der Waals surface area contributed by atoms with E-state index in [4.69, 9.17) is 10.5 Å². The summed E-state index contributed by atoms with van der Waals surface area (Å²) in [6, 6.07) is 6.82. The molecular weight excluding hydrogens is 306 g/mol. The van der Waals surface area contributed by atoms with Crippen LogP contribution in [-0.2, 0) is 4.79 Å². The summed E-state index contributed by atoms with van der Waals surface area (Å²) in [5, 5.41) is 2.88. The minimum absolute atomic E-state index is 0.0156. The molecule has 1 saturated heterocycles. The number of likely N-dealkylation sites (tertiary alicyclic amines) is 1. The summed E-state index contributed by atoms with van der Waals surface area (Å²) in [4.78, 5) is 22.7. The van der Waals surface area contributed by atoms with Crippen molar-refractivity contribution in [1.29, 1.82) is 0 Å². The topological polar surface area (TPSA) is 93.4 Å². The Bertz CT molecular complexity index is 696. The molecule has 1 aliphatic rings. The lowest BCUT2D eigenvalue weighted by Crippen LogP contribution is -2.36. The molecule has 0 saturated carbocycles. The number of ether oxygens (including phenoxy) is 1. The van der Waals surface area contributed by atoms with Gasteiger partial charge in [-0.05, 0) is 51.2 Å². The number of nitrogens with zero attached hydrogens (tertiary/aromatic N) is 3. The molecule has 0 unspecified atom stereocenters. The smallest absolute Gasteiger partial charge is 0.228 e. The third-order valence-electron chi connectivity index (χ3n) is 4.07. The van der Waals surface area contributed by atoms with Gasteiger partial charge in [0, 0.05) is 18.2 Å². The molecule has 0 atom stereocenters. The van der Waals surface area contributed by atoms with Gasteiger partial charge in [0.15, 0.2) is 0 Å². The molecule has 1 amide bonds. The number of nitrogen functional groups attached to an aromatic ring is 1. The minimum Gasteiger partial charge on any atom is -0.456 e. The average Bonchev–Trinajstić information content (AvgIpc) is 2.58. The van der Waals surface area contributed by atoms with Crippen LogP contribution in [0.2, 0.25) is 0 Å². The fraction of sp³-hybridized carbons (Fsp3) is 0.353. The van der Waals surface area contributed by atoms with E-state index in [1.54, 1.807) is 36.7 Å². The second-order valence-electron chi connectivity index (χ2n) is 5.96. The van der Waals surface area contributed by atoms with Crippen LogP contribution in [0.3, 0.4) is 0 Å². The third kappa shape index (κ3) is 4.20. The molecule has 126 valence electrons. The summed E-state index contributed by atoms with van der Waals surface area (Å²) in [6.07, 6.45) is 4.89. The largest absolute Gasteiger partial charge is 0.456 e. The Kier molecular flexibility index (Phi) is 4.90. The van der Waals surface area contributed by atoms with Crippen LogP contribution >= 0.6 is 0 Å². The lowest BCUT2D eigenvalue weighted by molar-refractivity contribution is -0.121. The van der Waals surface area contributed by atoms with E-state index >= 15 is 0 Å². The molecule has 0 aromatic carbocycles. The highest BCUT2D eigenvalue weighted by Gasteiger charge is 2.23. The number of rotatable bonds is 4. The molecule has 0 radical (unpaired) electrons. The molecule has 7 heteroatoms. The molecule has 24 heavy (non-hydrogen) atoms. The van der Waals surface area contributed by atoms with Crippen LogP contribution in [0.5, 0.6) is 11.5 Å². The molecule has 7 nitrogen and oxygen atoms in total.